The van der Waals surface area contributed by atoms with Gasteiger partial charge in [0.15, 0.2) is 0 Å². The molecule has 2 aromatic carbocycles. The van der Waals surface area contributed by atoms with Crippen molar-refractivity contribution in [2.45, 2.75) is 6.92 Å². The van der Waals surface area contributed by atoms with Gasteiger partial charge in [0.25, 0.3) is 5.91 Å². The number of anilines is 1. The van der Waals surface area contributed by atoms with Gasteiger partial charge in [-0.1, -0.05) is 48.0 Å². The number of halogens is 1. The molecule has 0 atom stereocenters. The monoisotopic (exact) mass is 385 g/mol. The van der Waals surface area contributed by atoms with Crippen molar-refractivity contribution in [1.29, 1.82) is 0 Å². The van der Waals surface area contributed by atoms with Crippen LogP contribution < -0.4 is 5.32 Å². The van der Waals surface area contributed by atoms with Crippen molar-refractivity contribution in [2.75, 3.05) is 12.4 Å². The van der Waals surface area contributed by atoms with E-state index in [2.05, 4.69) is 5.32 Å². The van der Waals surface area contributed by atoms with Gasteiger partial charge in [-0.2, -0.15) is 0 Å². The summed E-state index contributed by atoms with van der Waals surface area (Å²) in [5, 5.41) is 3.75. The number of hydrogen-bond donors (Lipinski definition) is 1. The summed E-state index contributed by atoms with van der Waals surface area (Å²) in [6, 6.07) is 16.2. The van der Waals surface area contributed by atoms with Gasteiger partial charge < -0.3 is 10.1 Å². The first-order valence-corrected chi connectivity index (χ1v) is 9.04. The minimum Gasteiger partial charge on any atom is -0.465 e. The van der Waals surface area contributed by atoms with E-state index in [9.17, 15) is 9.59 Å². The fourth-order valence-electron chi connectivity index (χ4n) is 2.69. The summed E-state index contributed by atoms with van der Waals surface area (Å²) in [7, 11) is 1.33. The second kappa shape index (κ2) is 7.72. The van der Waals surface area contributed by atoms with Crippen LogP contribution in [0.1, 0.15) is 25.6 Å². The Hall–Kier alpha value is -2.63. The third-order valence-electron chi connectivity index (χ3n) is 3.85. The molecule has 0 fully saturated rings. The van der Waals surface area contributed by atoms with Gasteiger partial charge in [0, 0.05) is 21.0 Å². The summed E-state index contributed by atoms with van der Waals surface area (Å²) >= 11 is 7.29. The number of methoxy groups -OCH3 is 1. The second-order valence-electron chi connectivity index (χ2n) is 5.56. The lowest BCUT2D eigenvalue weighted by Gasteiger charge is -2.08. The smallest absolute Gasteiger partial charge is 0.341 e. The molecule has 0 aliphatic heterocycles. The summed E-state index contributed by atoms with van der Waals surface area (Å²) in [5.41, 5.74) is 2.44. The highest BCUT2D eigenvalue weighted by molar-refractivity contribution is 7.17. The average molecular weight is 386 g/mol. The van der Waals surface area contributed by atoms with Crippen molar-refractivity contribution in [3.05, 3.63) is 75.6 Å². The van der Waals surface area contributed by atoms with Crippen molar-refractivity contribution in [2.24, 2.45) is 0 Å². The van der Waals surface area contributed by atoms with E-state index in [1.807, 2.05) is 37.3 Å². The molecule has 0 aliphatic carbocycles. The first kappa shape index (κ1) is 18.2. The standard InChI is InChI=1S/C20H16ClNO3S/c1-12-16(13-7-4-3-5-8-13)17(20(24)25-2)19(26-12)22-18(23)14-9-6-10-15(21)11-14/h3-11H,1-2H3,(H,22,23). The highest BCUT2D eigenvalue weighted by Gasteiger charge is 2.25. The normalized spacial score (nSPS) is 10.4. The molecule has 3 aromatic rings. The molecule has 0 radical (unpaired) electrons. The first-order valence-electron chi connectivity index (χ1n) is 7.85. The Labute approximate surface area is 160 Å². The molecule has 0 spiro atoms. The maximum absolute atomic E-state index is 12.6. The summed E-state index contributed by atoms with van der Waals surface area (Å²) in [4.78, 5) is 25.9. The van der Waals surface area contributed by atoms with Gasteiger partial charge in [0.1, 0.15) is 10.6 Å². The van der Waals surface area contributed by atoms with Crippen LogP contribution in [0.15, 0.2) is 54.6 Å². The third kappa shape index (κ3) is 3.64. The maximum atomic E-state index is 12.6. The molecular weight excluding hydrogens is 370 g/mol. The summed E-state index contributed by atoms with van der Waals surface area (Å²) in [5.74, 6) is -0.826. The quantitative estimate of drug-likeness (QED) is 0.610. The van der Waals surface area contributed by atoms with Crippen molar-refractivity contribution < 1.29 is 14.3 Å². The number of esters is 1. The molecule has 1 aromatic heterocycles. The fourth-order valence-corrected chi connectivity index (χ4v) is 3.94. The number of benzene rings is 2. The Bertz CT molecular complexity index is 966. The van der Waals surface area contributed by atoms with Gasteiger partial charge in [-0.3, -0.25) is 4.79 Å². The second-order valence-corrected chi connectivity index (χ2v) is 7.22. The van der Waals surface area contributed by atoms with Crippen LogP contribution in [0.25, 0.3) is 11.1 Å². The summed E-state index contributed by atoms with van der Waals surface area (Å²) < 4.78 is 4.95. The van der Waals surface area contributed by atoms with E-state index in [-0.39, 0.29) is 5.91 Å². The van der Waals surface area contributed by atoms with Gasteiger partial charge in [0.05, 0.1) is 7.11 Å². The summed E-state index contributed by atoms with van der Waals surface area (Å²) in [6.07, 6.45) is 0. The molecule has 1 amide bonds. The van der Waals surface area contributed by atoms with E-state index in [0.29, 0.717) is 21.2 Å². The van der Waals surface area contributed by atoms with Crippen LogP contribution in [0.3, 0.4) is 0 Å². The molecule has 0 bridgehead atoms. The van der Waals surface area contributed by atoms with Crippen LogP contribution >= 0.6 is 22.9 Å². The zero-order valence-electron chi connectivity index (χ0n) is 14.2. The Balaban J connectivity index is 2.05. The van der Waals surface area contributed by atoms with Gasteiger partial charge >= 0.3 is 5.97 Å². The highest BCUT2D eigenvalue weighted by Crippen LogP contribution is 2.40. The average Bonchev–Trinajstić information content (AvgIpc) is 2.97. The van der Waals surface area contributed by atoms with Crippen LogP contribution in [0.5, 0.6) is 0 Å². The molecule has 26 heavy (non-hydrogen) atoms. The van der Waals surface area contributed by atoms with Crippen LogP contribution in [-0.2, 0) is 4.74 Å². The molecule has 4 nitrogen and oxygen atoms in total. The predicted octanol–water partition coefficient (Wildman–Crippen LogP) is 5.42. The van der Waals surface area contributed by atoms with Gasteiger partial charge in [0.2, 0.25) is 0 Å². The number of rotatable bonds is 4. The van der Waals surface area contributed by atoms with E-state index in [0.717, 1.165) is 16.0 Å². The molecule has 0 unspecified atom stereocenters. The van der Waals surface area contributed by atoms with Crippen LogP contribution in [0, 0.1) is 6.92 Å². The van der Waals surface area contributed by atoms with Crippen LogP contribution in [-0.4, -0.2) is 19.0 Å². The molecule has 0 saturated heterocycles. The minimum absolute atomic E-state index is 0.335. The van der Waals surface area contributed by atoms with E-state index in [4.69, 9.17) is 16.3 Å². The molecule has 3 rings (SSSR count). The summed E-state index contributed by atoms with van der Waals surface area (Å²) in [6.45, 7) is 1.91. The fraction of sp³-hybridized carbons (Fsp3) is 0.100. The van der Waals surface area contributed by atoms with E-state index < -0.39 is 5.97 Å². The molecule has 0 saturated carbocycles. The van der Waals surface area contributed by atoms with Crippen molar-refractivity contribution in [3.63, 3.8) is 0 Å². The number of ether oxygens (including phenoxy) is 1. The van der Waals surface area contributed by atoms with E-state index in [1.165, 1.54) is 18.4 Å². The molecule has 1 N–H and O–H groups in total. The number of thiophene rings is 1. The largest absolute Gasteiger partial charge is 0.465 e. The number of amides is 1. The van der Waals surface area contributed by atoms with Crippen molar-refractivity contribution in [3.8, 4) is 11.1 Å². The first-order chi connectivity index (χ1) is 12.5. The van der Waals surface area contributed by atoms with Gasteiger partial charge in [-0.05, 0) is 30.7 Å². The topological polar surface area (TPSA) is 55.4 Å². The zero-order chi connectivity index (χ0) is 18.7. The van der Waals surface area contributed by atoms with Crippen LogP contribution in [0.4, 0.5) is 5.00 Å². The lowest BCUT2D eigenvalue weighted by Crippen LogP contribution is -2.14. The predicted molar refractivity (Wildman–Crippen MR) is 105 cm³/mol. The van der Waals surface area contributed by atoms with E-state index in [1.54, 1.807) is 24.3 Å². The van der Waals surface area contributed by atoms with Crippen LogP contribution in [0.2, 0.25) is 5.02 Å². The minimum atomic E-state index is -0.491. The zero-order valence-corrected chi connectivity index (χ0v) is 15.8. The molecule has 132 valence electrons. The number of carbonyl (C=O) groups excluding carboxylic acids is 2. The number of aryl methyl sites for hydroxylation is 1. The Morgan fingerprint density at radius 1 is 1.08 bits per heavy atom. The molecular formula is C20H16ClNO3S. The Morgan fingerprint density at radius 2 is 1.81 bits per heavy atom. The van der Waals surface area contributed by atoms with Crippen molar-refractivity contribution >= 4 is 39.8 Å². The molecule has 1 heterocycles. The lowest BCUT2D eigenvalue weighted by atomic mass is 10.0. The Morgan fingerprint density at radius 3 is 2.46 bits per heavy atom. The van der Waals surface area contributed by atoms with Gasteiger partial charge in [-0.15, -0.1) is 11.3 Å². The number of nitrogens with one attached hydrogen (secondary N) is 1. The van der Waals surface area contributed by atoms with E-state index >= 15 is 0 Å². The number of carbonyl (C=O) groups is 2. The SMILES string of the molecule is COC(=O)c1c(NC(=O)c2cccc(Cl)c2)sc(C)c1-c1ccccc1. The number of hydrogen-bond acceptors (Lipinski definition) is 4. The van der Waals surface area contributed by atoms with Crippen molar-refractivity contribution in [1.82, 2.24) is 0 Å². The third-order valence-corrected chi connectivity index (χ3v) is 5.11. The lowest BCUT2D eigenvalue weighted by molar-refractivity contribution is 0.0603. The Kier molecular flexibility index (Phi) is 5.40. The van der Waals surface area contributed by atoms with Gasteiger partial charge in [-0.25, -0.2) is 4.79 Å². The highest BCUT2D eigenvalue weighted by atomic mass is 35.5. The molecule has 6 heteroatoms. The molecule has 0 aliphatic rings. The maximum Gasteiger partial charge on any atom is 0.341 e.